The Morgan fingerprint density at radius 1 is 1.36 bits per heavy atom. The summed E-state index contributed by atoms with van der Waals surface area (Å²) in [5.74, 6) is 0.748. The van der Waals surface area contributed by atoms with E-state index in [0.717, 1.165) is 44.6 Å². The Hall–Kier alpha value is -1.75. The van der Waals surface area contributed by atoms with Gasteiger partial charge in [-0.2, -0.15) is 0 Å². The van der Waals surface area contributed by atoms with E-state index in [1.54, 1.807) is 6.07 Å². The zero-order chi connectivity index (χ0) is 15.8. The number of ether oxygens (including phenoxy) is 1. The van der Waals surface area contributed by atoms with Crippen molar-refractivity contribution in [2.75, 3.05) is 19.8 Å². The van der Waals surface area contributed by atoms with Crippen LogP contribution in [0.5, 0.6) is 5.75 Å². The zero-order valence-corrected chi connectivity index (χ0v) is 13.4. The minimum atomic E-state index is 0.327. The molecule has 0 saturated heterocycles. The van der Waals surface area contributed by atoms with Crippen LogP contribution in [0.1, 0.15) is 42.9 Å². The monoisotopic (exact) mass is 305 g/mol. The Balaban J connectivity index is 1.91. The van der Waals surface area contributed by atoms with Gasteiger partial charge in [0.25, 0.3) is 0 Å². The number of phenolic OH excluding ortho intramolecular Hbond substituents is 1. The van der Waals surface area contributed by atoms with E-state index >= 15 is 0 Å². The first-order valence-electron chi connectivity index (χ1n) is 8.16. The molecule has 0 radical (unpaired) electrons. The number of aryl methyl sites for hydroxylation is 1. The number of nitrogens with one attached hydrogen (secondary N) is 1. The Labute approximate surface area is 132 Å². The lowest BCUT2D eigenvalue weighted by molar-refractivity contribution is 0.145. The molecule has 4 N–H and O–H groups in total. The van der Waals surface area contributed by atoms with Gasteiger partial charge in [0.1, 0.15) is 5.75 Å². The van der Waals surface area contributed by atoms with Crippen LogP contribution in [0.25, 0.3) is 0 Å². The highest BCUT2D eigenvalue weighted by Gasteiger charge is 2.15. The van der Waals surface area contributed by atoms with Crippen LogP contribution < -0.4 is 11.1 Å². The van der Waals surface area contributed by atoms with E-state index in [1.165, 1.54) is 24.0 Å². The van der Waals surface area contributed by atoms with Crippen molar-refractivity contribution in [3.8, 4) is 5.75 Å². The lowest BCUT2D eigenvalue weighted by atomic mass is 9.88. The Bertz CT molecular complexity index is 515. The highest BCUT2D eigenvalue weighted by Crippen LogP contribution is 2.30. The number of fused-ring (bicyclic) bond motifs is 1. The van der Waals surface area contributed by atoms with Gasteiger partial charge in [0.2, 0.25) is 0 Å². The van der Waals surface area contributed by atoms with E-state index in [9.17, 15) is 5.11 Å². The number of nitrogens with two attached hydrogens (primary N) is 1. The van der Waals surface area contributed by atoms with Crippen LogP contribution in [-0.4, -0.2) is 30.8 Å². The standard InChI is InChI=1S/C17H27N3O2/c1-2-22-11-5-10-19-17(18)20-12-15-14-7-4-3-6-13(14)8-9-16(15)21/h8-9,21H,2-7,10-12H2,1H3,(H3,18,19,20). The summed E-state index contributed by atoms with van der Waals surface area (Å²) in [5.41, 5.74) is 9.41. The van der Waals surface area contributed by atoms with Gasteiger partial charge in [-0.1, -0.05) is 6.07 Å². The van der Waals surface area contributed by atoms with Crippen LogP contribution in [0.2, 0.25) is 0 Å². The number of aromatic hydroxyl groups is 1. The van der Waals surface area contributed by atoms with Crippen molar-refractivity contribution in [3.05, 3.63) is 28.8 Å². The minimum absolute atomic E-state index is 0.327. The van der Waals surface area contributed by atoms with Crippen molar-refractivity contribution in [1.82, 2.24) is 5.32 Å². The number of rotatable bonds is 7. The molecule has 1 aliphatic rings. The maximum absolute atomic E-state index is 10.1. The molecule has 5 heteroatoms. The molecule has 0 amide bonds. The molecular weight excluding hydrogens is 278 g/mol. The fourth-order valence-corrected chi connectivity index (χ4v) is 2.82. The third-order valence-corrected chi connectivity index (χ3v) is 4.01. The van der Waals surface area contributed by atoms with Crippen molar-refractivity contribution >= 4 is 5.96 Å². The number of aliphatic imine (C=N–C) groups is 1. The number of phenols is 1. The van der Waals surface area contributed by atoms with Gasteiger partial charge in [0.15, 0.2) is 5.96 Å². The largest absolute Gasteiger partial charge is 0.508 e. The molecule has 0 atom stereocenters. The van der Waals surface area contributed by atoms with E-state index in [0.29, 0.717) is 18.3 Å². The van der Waals surface area contributed by atoms with E-state index in [4.69, 9.17) is 10.5 Å². The summed E-state index contributed by atoms with van der Waals surface area (Å²) in [5, 5.41) is 13.2. The predicted octanol–water partition coefficient (Wildman–Crippen LogP) is 2.10. The zero-order valence-electron chi connectivity index (χ0n) is 13.4. The maximum atomic E-state index is 10.1. The second-order valence-electron chi connectivity index (χ2n) is 5.59. The molecular formula is C17H27N3O2. The fraction of sp³-hybridized carbons (Fsp3) is 0.588. The van der Waals surface area contributed by atoms with Crippen molar-refractivity contribution < 1.29 is 9.84 Å². The summed E-state index contributed by atoms with van der Waals surface area (Å²) in [6.07, 6.45) is 5.42. The molecule has 1 aliphatic carbocycles. The molecule has 0 aliphatic heterocycles. The second-order valence-corrected chi connectivity index (χ2v) is 5.59. The SMILES string of the molecule is CCOCCCNC(N)=NCc1c(O)ccc2c1CCCC2. The minimum Gasteiger partial charge on any atom is -0.508 e. The van der Waals surface area contributed by atoms with Gasteiger partial charge >= 0.3 is 0 Å². The molecule has 122 valence electrons. The van der Waals surface area contributed by atoms with Crippen LogP contribution in [0.3, 0.4) is 0 Å². The highest BCUT2D eigenvalue weighted by atomic mass is 16.5. The molecule has 0 aromatic heterocycles. The quantitative estimate of drug-likeness (QED) is 0.409. The Morgan fingerprint density at radius 2 is 2.18 bits per heavy atom. The van der Waals surface area contributed by atoms with Crippen molar-refractivity contribution in [2.24, 2.45) is 10.7 Å². The van der Waals surface area contributed by atoms with Crippen molar-refractivity contribution in [1.29, 1.82) is 0 Å². The average Bonchev–Trinajstić information content (AvgIpc) is 2.53. The van der Waals surface area contributed by atoms with Gasteiger partial charge in [-0.05, 0) is 56.2 Å². The van der Waals surface area contributed by atoms with Crippen LogP contribution in [0.15, 0.2) is 17.1 Å². The normalized spacial score (nSPS) is 14.7. The molecule has 0 unspecified atom stereocenters. The van der Waals surface area contributed by atoms with Crippen LogP contribution in [0, 0.1) is 0 Å². The van der Waals surface area contributed by atoms with Gasteiger partial charge in [0.05, 0.1) is 6.54 Å². The van der Waals surface area contributed by atoms with E-state index in [-0.39, 0.29) is 0 Å². The van der Waals surface area contributed by atoms with E-state index in [1.807, 2.05) is 13.0 Å². The first-order chi connectivity index (χ1) is 10.7. The van der Waals surface area contributed by atoms with Crippen molar-refractivity contribution in [2.45, 2.75) is 45.6 Å². The smallest absolute Gasteiger partial charge is 0.188 e. The Kier molecular flexibility index (Phi) is 6.52. The van der Waals surface area contributed by atoms with E-state index < -0.39 is 0 Å². The summed E-state index contributed by atoms with van der Waals surface area (Å²) >= 11 is 0. The summed E-state index contributed by atoms with van der Waals surface area (Å²) in [6.45, 7) is 4.62. The highest BCUT2D eigenvalue weighted by molar-refractivity contribution is 5.77. The van der Waals surface area contributed by atoms with Crippen LogP contribution >= 0.6 is 0 Å². The first-order valence-corrected chi connectivity index (χ1v) is 8.16. The average molecular weight is 305 g/mol. The summed E-state index contributed by atoms with van der Waals surface area (Å²) in [7, 11) is 0. The second kappa shape index (κ2) is 8.63. The summed E-state index contributed by atoms with van der Waals surface area (Å²) in [6, 6.07) is 3.81. The van der Waals surface area contributed by atoms with Crippen molar-refractivity contribution in [3.63, 3.8) is 0 Å². The Morgan fingerprint density at radius 3 is 3.00 bits per heavy atom. The number of guanidine groups is 1. The van der Waals surface area contributed by atoms with Crippen LogP contribution in [0.4, 0.5) is 0 Å². The number of hydrogen-bond donors (Lipinski definition) is 3. The number of nitrogens with zero attached hydrogens (tertiary/aromatic N) is 1. The molecule has 0 bridgehead atoms. The lowest BCUT2D eigenvalue weighted by Gasteiger charge is -2.19. The van der Waals surface area contributed by atoms with Gasteiger partial charge < -0.3 is 20.9 Å². The molecule has 1 aromatic carbocycles. The number of hydrogen-bond acceptors (Lipinski definition) is 3. The molecule has 22 heavy (non-hydrogen) atoms. The van der Waals surface area contributed by atoms with Gasteiger partial charge in [-0.15, -0.1) is 0 Å². The topological polar surface area (TPSA) is 79.9 Å². The summed E-state index contributed by atoms with van der Waals surface area (Å²) in [4.78, 5) is 4.36. The molecule has 2 rings (SSSR count). The molecule has 0 spiro atoms. The number of benzene rings is 1. The fourth-order valence-electron chi connectivity index (χ4n) is 2.82. The van der Waals surface area contributed by atoms with Gasteiger partial charge in [0, 0.05) is 25.3 Å². The third-order valence-electron chi connectivity index (χ3n) is 4.01. The van der Waals surface area contributed by atoms with Crippen LogP contribution in [-0.2, 0) is 24.1 Å². The molecule has 5 nitrogen and oxygen atoms in total. The maximum Gasteiger partial charge on any atom is 0.188 e. The molecule has 1 aromatic rings. The summed E-state index contributed by atoms with van der Waals surface area (Å²) < 4.78 is 5.27. The lowest BCUT2D eigenvalue weighted by Crippen LogP contribution is -2.32. The molecule has 0 saturated carbocycles. The predicted molar refractivity (Wildman–Crippen MR) is 89.2 cm³/mol. The van der Waals surface area contributed by atoms with Gasteiger partial charge in [-0.3, -0.25) is 0 Å². The van der Waals surface area contributed by atoms with Gasteiger partial charge in [-0.25, -0.2) is 4.99 Å². The van der Waals surface area contributed by atoms with E-state index in [2.05, 4.69) is 10.3 Å². The molecule has 0 heterocycles. The molecule has 0 fully saturated rings. The first kappa shape index (κ1) is 16.6. The third kappa shape index (κ3) is 4.63.